The number of fused-ring (bicyclic) bond motifs is 1. The lowest BCUT2D eigenvalue weighted by Gasteiger charge is -2.13. The Bertz CT molecular complexity index is 511. The molecule has 3 heteroatoms. The maximum absolute atomic E-state index is 5.83. The minimum Gasteiger partial charge on any atom is -0.343 e. The molecule has 2 N–H and O–H groups in total. The molecule has 0 aliphatic rings. The van der Waals surface area contributed by atoms with E-state index in [0.717, 1.165) is 13.1 Å². The van der Waals surface area contributed by atoms with E-state index < -0.39 is 0 Å². The predicted molar refractivity (Wildman–Crippen MR) is 72.9 cm³/mol. The lowest BCUT2D eigenvalue weighted by Crippen LogP contribution is -2.14. The highest BCUT2D eigenvalue weighted by Gasteiger charge is 2.10. The largest absolute Gasteiger partial charge is 0.343 e. The van der Waals surface area contributed by atoms with Crippen LogP contribution in [0.15, 0.2) is 24.3 Å². The topological polar surface area (TPSA) is 34.2 Å². The van der Waals surface area contributed by atoms with E-state index in [2.05, 4.69) is 54.8 Å². The van der Waals surface area contributed by atoms with Crippen molar-refractivity contribution in [3.63, 3.8) is 0 Å². The summed E-state index contributed by atoms with van der Waals surface area (Å²) < 4.78 is 2.37. The number of nitrogens with zero attached hydrogens (tertiary/aromatic N) is 2. The third kappa shape index (κ3) is 2.21. The summed E-state index contributed by atoms with van der Waals surface area (Å²) in [6, 6.07) is 8.65. The molecule has 0 atom stereocenters. The fourth-order valence-electron chi connectivity index (χ4n) is 2.44. The van der Waals surface area contributed by atoms with Gasteiger partial charge in [0.05, 0.1) is 5.52 Å². The Labute approximate surface area is 103 Å². The molecule has 0 aliphatic heterocycles. The molecule has 2 aromatic rings. The SMILES string of the molecule is CCn1c(CN(C)C)cc2cccc(CN)c21. The molecule has 0 unspecified atom stereocenters. The summed E-state index contributed by atoms with van der Waals surface area (Å²) in [5.74, 6) is 0. The number of rotatable bonds is 4. The van der Waals surface area contributed by atoms with Crippen LogP contribution in [0.25, 0.3) is 10.9 Å². The van der Waals surface area contributed by atoms with Crippen molar-refractivity contribution < 1.29 is 0 Å². The van der Waals surface area contributed by atoms with E-state index >= 15 is 0 Å². The first kappa shape index (κ1) is 12.1. The first-order valence-electron chi connectivity index (χ1n) is 6.12. The molecule has 3 nitrogen and oxygen atoms in total. The standard InChI is InChI=1S/C14H21N3/c1-4-17-13(10-16(2)3)8-11-6-5-7-12(9-15)14(11)17/h5-8H,4,9-10,15H2,1-3H3. The molecule has 0 amide bonds. The third-order valence-corrected chi connectivity index (χ3v) is 3.10. The third-order valence-electron chi connectivity index (χ3n) is 3.10. The fraction of sp³-hybridized carbons (Fsp3) is 0.429. The van der Waals surface area contributed by atoms with Crippen LogP contribution in [0.2, 0.25) is 0 Å². The van der Waals surface area contributed by atoms with Gasteiger partial charge in [0.2, 0.25) is 0 Å². The molecule has 2 rings (SSSR count). The summed E-state index contributed by atoms with van der Waals surface area (Å²) in [4.78, 5) is 2.20. The summed E-state index contributed by atoms with van der Waals surface area (Å²) in [6.45, 7) is 4.74. The minimum absolute atomic E-state index is 0.600. The molecule has 17 heavy (non-hydrogen) atoms. The number of hydrogen-bond acceptors (Lipinski definition) is 2. The van der Waals surface area contributed by atoms with Crippen LogP contribution in [0.3, 0.4) is 0 Å². The van der Waals surface area contributed by atoms with Gasteiger partial charge in [0.15, 0.2) is 0 Å². The first-order chi connectivity index (χ1) is 8.17. The molecular weight excluding hydrogens is 210 g/mol. The van der Waals surface area contributed by atoms with Crippen LogP contribution in [0.4, 0.5) is 0 Å². The lowest BCUT2D eigenvalue weighted by atomic mass is 10.1. The molecule has 0 radical (unpaired) electrons. The smallest absolute Gasteiger partial charge is 0.0528 e. The van der Waals surface area contributed by atoms with E-state index in [-0.39, 0.29) is 0 Å². The zero-order valence-corrected chi connectivity index (χ0v) is 10.9. The number of para-hydroxylation sites is 1. The highest BCUT2D eigenvalue weighted by atomic mass is 15.1. The van der Waals surface area contributed by atoms with Crippen LogP contribution in [0.5, 0.6) is 0 Å². The van der Waals surface area contributed by atoms with Crippen molar-refractivity contribution in [3.8, 4) is 0 Å². The molecule has 92 valence electrons. The van der Waals surface area contributed by atoms with Crippen molar-refractivity contribution in [3.05, 3.63) is 35.5 Å². The van der Waals surface area contributed by atoms with Gasteiger partial charge in [-0.2, -0.15) is 0 Å². The maximum Gasteiger partial charge on any atom is 0.0528 e. The molecule has 0 spiro atoms. The Morgan fingerprint density at radius 2 is 2.06 bits per heavy atom. The second-order valence-electron chi connectivity index (χ2n) is 4.68. The minimum atomic E-state index is 0.600. The summed E-state index contributed by atoms with van der Waals surface area (Å²) in [5.41, 5.74) is 9.71. The van der Waals surface area contributed by atoms with Crippen LogP contribution in [0, 0.1) is 0 Å². The average Bonchev–Trinajstić information content (AvgIpc) is 2.64. The van der Waals surface area contributed by atoms with Crippen LogP contribution in [-0.2, 0) is 19.6 Å². The van der Waals surface area contributed by atoms with Gasteiger partial charge in [-0.3, -0.25) is 0 Å². The van der Waals surface area contributed by atoms with Crippen LogP contribution < -0.4 is 5.73 Å². The van der Waals surface area contributed by atoms with E-state index in [1.165, 1.54) is 22.2 Å². The summed E-state index contributed by atoms with van der Waals surface area (Å²) in [7, 11) is 4.20. The van der Waals surface area contributed by atoms with E-state index in [9.17, 15) is 0 Å². The second-order valence-corrected chi connectivity index (χ2v) is 4.68. The zero-order chi connectivity index (χ0) is 12.4. The van der Waals surface area contributed by atoms with Crippen molar-refractivity contribution in [2.45, 2.75) is 26.6 Å². The number of aryl methyl sites for hydroxylation is 1. The van der Waals surface area contributed by atoms with Crippen molar-refractivity contribution in [1.82, 2.24) is 9.47 Å². The van der Waals surface area contributed by atoms with Gasteiger partial charge in [-0.15, -0.1) is 0 Å². The van der Waals surface area contributed by atoms with Gasteiger partial charge in [0.25, 0.3) is 0 Å². The molecule has 1 heterocycles. The van der Waals surface area contributed by atoms with E-state index in [1.807, 2.05) is 0 Å². The van der Waals surface area contributed by atoms with Crippen LogP contribution in [0.1, 0.15) is 18.2 Å². The Morgan fingerprint density at radius 3 is 2.65 bits per heavy atom. The summed E-state index contributed by atoms with van der Waals surface area (Å²) in [5, 5.41) is 1.30. The Balaban J connectivity index is 2.63. The Morgan fingerprint density at radius 1 is 1.29 bits per heavy atom. The maximum atomic E-state index is 5.83. The van der Waals surface area contributed by atoms with Crippen molar-refractivity contribution >= 4 is 10.9 Å². The van der Waals surface area contributed by atoms with Gasteiger partial charge in [0, 0.05) is 30.7 Å². The van der Waals surface area contributed by atoms with E-state index in [4.69, 9.17) is 5.73 Å². The molecule has 0 aliphatic carbocycles. The summed E-state index contributed by atoms with van der Waals surface area (Å²) >= 11 is 0. The Hall–Kier alpha value is -1.32. The average molecular weight is 231 g/mol. The van der Waals surface area contributed by atoms with Crippen LogP contribution >= 0.6 is 0 Å². The predicted octanol–water partition coefficient (Wildman–Crippen LogP) is 2.18. The van der Waals surface area contributed by atoms with Gasteiger partial charge in [-0.05, 0) is 32.6 Å². The number of nitrogens with two attached hydrogens (primary N) is 1. The highest BCUT2D eigenvalue weighted by Crippen LogP contribution is 2.24. The summed E-state index contributed by atoms with van der Waals surface area (Å²) in [6.07, 6.45) is 0. The molecule has 0 saturated carbocycles. The molecule has 0 saturated heterocycles. The molecular formula is C14H21N3. The molecule has 0 bridgehead atoms. The van der Waals surface area contributed by atoms with Gasteiger partial charge in [0.1, 0.15) is 0 Å². The molecule has 0 fully saturated rings. The van der Waals surface area contributed by atoms with Crippen molar-refractivity contribution in [2.24, 2.45) is 5.73 Å². The van der Waals surface area contributed by atoms with Gasteiger partial charge in [-0.1, -0.05) is 18.2 Å². The van der Waals surface area contributed by atoms with E-state index in [0.29, 0.717) is 6.54 Å². The van der Waals surface area contributed by atoms with Gasteiger partial charge >= 0.3 is 0 Å². The number of hydrogen-bond donors (Lipinski definition) is 1. The van der Waals surface area contributed by atoms with Crippen molar-refractivity contribution in [2.75, 3.05) is 14.1 Å². The Kier molecular flexibility index (Phi) is 3.50. The number of benzene rings is 1. The van der Waals surface area contributed by atoms with Crippen molar-refractivity contribution in [1.29, 1.82) is 0 Å². The number of aromatic nitrogens is 1. The van der Waals surface area contributed by atoms with Gasteiger partial charge in [-0.25, -0.2) is 0 Å². The zero-order valence-electron chi connectivity index (χ0n) is 10.9. The highest BCUT2D eigenvalue weighted by molar-refractivity contribution is 5.84. The monoisotopic (exact) mass is 231 g/mol. The molecule has 1 aromatic carbocycles. The quantitative estimate of drug-likeness (QED) is 0.875. The van der Waals surface area contributed by atoms with Crippen LogP contribution in [-0.4, -0.2) is 23.6 Å². The van der Waals surface area contributed by atoms with Gasteiger partial charge < -0.3 is 15.2 Å². The van der Waals surface area contributed by atoms with E-state index in [1.54, 1.807) is 0 Å². The fourth-order valence-corrected chi connectivity index (χ4v) is 2.44. The second kappa shape index (κ2) is 4.90. The normalized spacial score (nSPS) is 11.6. The lowest BCUT2D eigenvalue weighted by molar-refractivity contribution is 0.389. The first-order valence-corrected chi connectivity index (χ1v) is 6.12. The molecule has 1 aromatic heterocycles.